The third-order valence-electron chi connectivity index (χ3n) is 3.21. The second-order valence-electron chi connectivity index (χ2n) is 4.56. The Morgan fingerprint density at radius 1 is 1.11 bits per heavy atom. The van der Waals surface area contributed by atoms with Crippen LogP contribution in [0.2, 0.25) is 0 Å². The first-order chi connectivity index (χ1) is 8.83. The van der Waals surface area contributed by atoms with Gasteiger partial charge in [0.2, 0.25) is 0 Å². The SMILES string of the molecule is [Na+].[O-]c1cc2ccccc2cc1OC1CCCCO1. The maximum Gasteiger partial charge on any atom is 1.00 e. The van der Waals surface area contributed by atoms with Crippen LogP contribution in [-0.2, 0) is 4.74 Å². The number of hydrogen-bond acceptors (Lipinski definition) is 3. The van der Waals surface area contributed by atoms with E-state index in [4.69, 9.17) is 9.47 Å². The van der Waals surface area contributed by atoms with E-state index in [1.807, 2.05) is 24.3 Å². The second kappa shape index (κ2) is 6.62. The Labute approximate surface area is 134 Å². The van der Waals surface area contributed by atoms with Crippen LogP contribution in [0.25, 0.3) is 10.8 Å². The van der Waals surface area contributed by atoms with Crippen molar-refractivity contribution in [3.63, 3.8) is 0 Å². The Balaban J connectivity index is 0.00000133. The van der Waals surface area contributed by atoms with Crippen molar-refractivity contribution in [1.82, 2.24) is 0 Å². The van der Waals surface area contributed by atoms with Gasteiger partial charge in [0.15, 0.2) is 6.29 Å². The molecule has 19 heavy (non-hydrogen) atoms. The molecule has 3 nitrogen and oxygen atoms in total. The molecule has 1 saturated heterocycles. The van der Waals surface area contributed by atoms with E-state index in [2.05, 4.69) is 0 Å². The molecule has 1 heterocycles. The van der Waals surface area contributed by atoms with Crippen LogP contribution in [0, 0.1) is 0 Å². The largest absolute Gasteiger partial charge is 1.00 e. The molecule has 0 aliphatic carbocycles. The second-order valence-corrected chi connectivity index (χ2v) is 4.56. The molecular weight excluding hydrogens is 251 g/mol. The summed E-state index contributed by atoms with van der Waals surface area (Å²) in [5, 5.41) is 13.9. The summed E-state index contributed by atoms with van der Waals surface area (Å²) >= 11 is 0. The van der Waals surface area contributed by atoms with E-state index in [9.17, 15) is 5.11 Å². The fourth-order valence-electron chi connectivity index (χ4n) is 2.24. The molecule has 1 aliphatic rings. The van der Waals surface area contributed by atoms with Crippen LogP contribution < -0.4 is 39.4 Å². The fourth-order valence-corrected chi connectivity index (χ4v) is 2.24. The van der Waals surface area contributed by atoms with Crippen molar-refractivity contribution in [2.45, 2.75) is 25.6 Å². The standard InChI is InChI=1S/C15H16O3.Na/c16-13-9-11-5-1-2-6-12(11)10-14(13)18-15-7-3-4-8-17-15;/h1-2,5-6,9-10,15-16H,3-4,7-8H2;/q;+1/p-1. The zero-order valence-electron chi connectivity index (χ0n) is 11.1. The van der Waals surface area contributed by atoms with Crippen LogP contribution in [-0.4, -0.2) is 12.9 Å². The van der Waals surface area contributed by atoms with Gasteiger partial charge in [0.25, 0.3) is 0 Å². The Bertz CT molecular complexity index is 550. The summed E-state index contributed by atoms with van der Waals surface area (Å²) in [6.07, 6.45) is 2.74. The number of hydrogen-bond donors (Lipinski definition) is 0. The van der Waals surface area contributed by atoms with E-state index < -0.39 is 0 Å². The number of benzene rings is 2. The minimum Gasteiger partial charge on any atom is -0.870 e. The zero-order valence-corrected chi connectivity index (χ0v) is 13.1. The van der Waals surface area contributed by atoms with Crippen LogP contribution in [0.4, 0.5) is 0 Å². The molecule has 1 atom stereocenters. The van der Waals surface area contributed by atoms with Gasteiger partial charge >= 0.3 is 29.6 Å². The topological polar surface area (TPSA) is 41.5 Å². The molecule has 0 bridgehead atoms. The van der Waals surface area contributed by atoms with Gasteiger partial charge in [-0.25, -0.2) is 0 Å². The van der Waals surface area contributed by atoms with E-state index in [-0.39, 0.29) is 41.6 Å². The van der Waals surface area contributed by atoms with Gasteiger partial charge in [-0.2, -0.15) is 0 Å². The first-order valence-corrected chi connectivity index (χ1v) is 6.31. The summed E-state index contributed by atoms with van der Waals surface area (Å²) in [7, 11) is 0. The molecule has 94 valence electrons. The predicted octanol–water partition coefficient (Wildman–Crippen LogP) is -0.177. The van der Waals surface area contributed by atoms with Gasteiger partial charge in [-0.1, -0.05) is 36.1 Å². The molecule has 0 N–H and O–H groups in total. The molecule has 0 aromatic heterocycles. The average Bonchev–Trinajstić information content (AvgIpc) is 2.41. The molecule has 2 aromatic rings. The number of fused-ring (bicyclic) bond motifs is 1. The minimum atomic E-state index is -0.271. The van der Waals surface area contributed by atoms with E-state index in [0.29, 0.717) is 12.4 Å². The molecule has 1 fully saturated rings. The monoisotopic (exact) mass is 266 g/mol. The molecule has 0 spiro atoms. The minimum absolute atomic E-state index is 0. The third kappa shape index (κ3) is 3.42. The molecule has 0 radical (unpaired) electrons. The predicted molar refractivity (Wildman–Crippen MR) is 67.6 cm³/mol. The molecule has 0 amide bonds. The van der Waals surface area contributed by atoms with Crippen molar-refractivity contribution in [3.05, 3.63) is 36.4 Å². The van der Waals surface area contributed by atoms with Crippen molar-refractivity contribution < 1.29 is 44.1 Å². The van der Waals surface area contributed by atoms with E-state index in [0.717, 1.165) is 30.0 Å². The summed E-state index contributed by atoms with van der Waals surface area (Å²) in [5.41, 5.74) is 0. The summed E-state index contributed by atoms with van der Waals surface area (Å²) in [6.45, 7) is 0.715. The number of ether oxygens (including phenoxy) is 2. The smallest absolute Gasteiger partial charge is 0.870 e. The van der Waals surface area contributed by atoms with Crippen LogP contribution in [0.1, 0.15) is 19.3 Å². The summed E-state index contributed by atoms with van der Waals surface area (Å²) < 4.78 is 11.1. The third-order valence-corrected chi connectivity index (χ3v) is 3.21. The van der Waals surface area contributed by atoms with Crippen molar-refractivity contribution in [3.8, 4) is 11.5 Å². The zero-order chi connectivity index (χ0) is 12.4. The average molecular weight is 266 g/mol. The van der Waals surface area contributed by atoms with Crippen LogP contribution in [0.5, 0.6) is 11.5 Å². The van der Waals surface area contributed by atoms with Gasteiger partial charge in [0.05, 0.1) is 6.61 Å². The van der Waals surface area contributed by atoms with Gasteiger partial charge in [0, 0.05) is 6.42 Å². The van der Waals surface area contributed by atoms with Crippen molar-refractivity contribution in [1.29, 1.82) is 0 Å². The van der Waals surface area contributed by atoms with Crippen LogP contribution >= 0.6 is 0 Å². The summed E-state index contributed by atoms with van der Waals surface area (Å²) in [6, 6.07) is 11.2. The van der Waals surface area contributed by atoms with Gasteiger partial charge in [0.1, 0.15) is 5.75 Å². The molecule has 1 aliphatic heterocycles. The normalized spacial score (nSPS) is 18.8. The molecule has 0 saturated carbocycles. The van der Waals surface area contributed by atoms with Crippen molar-refractivity contribution >= 4 is 10.8 Å². The van der Waals surface area contributed by atoms with E-state index in [1.165, 1.54) is 0 Å². The van der Waals surface area contributed by atoms with Gasteiger partial charge in [-0.15, -0.1) is 0 Å². The first kappa shape index (κ1) is 14.7. The molecule has 4 heteroatoms. The summed E-state index contributed by atoms with van der Waals surface area (Å²) in [4.78, 5) is 0. The maximum atomic E-state index is 11.9. The fraction of sp³-hybridized carbons (Fsp3) is 0.333. The Morgan fingerprint density at radius 2 is 1.84 bits per heavy atom. The Kier molecular flexibility index (Phi) is 5.11. The number of rotatable bonds is 2. The van der Waals surface area contributed by atoms with E-state index in [1.54, 1.807) is 12.1 Å². The molecular formula is C15H15NaO3. The van der Waals surface area contributed by atoms with Gasteiger partial charge in [-0.3, -0.25) is 0 Å². The van der Waals surface area contributed by atoms with Crippen molar-refractivity contribution in [2.75, 3.05) is 6.61 Å². The van der Waals surface area contributed by atoms with Crippen LogP contribution in [0.3, 0.4) is 0 Å². The van der Waals surface area contributed by atoms with Gasteiger partial charge < -0.3 is 14.6 Å². The molecule has 3 rings (SSSR count). The Hall–Kier alpha value is -0.740. The Morgan fingerprint density at radius 3 is 2.53 bits per heavy atom. The van der Waals surface area contributed by atoms with E-state index >= 15 is 0 Å². The van der Waals surface area contributed by atoms with Crippen LogP contribution in [0.15, 0.2) is 36.4 Å². The van der Waals surface area contributed by atoms with Crippen molar-refractivity contribution in [2.24, 2.45) is 0 Å². The maximum absolute atomic E-state index is 11.9. The molecule has 2 aromatic carbocycles. The summed E-state index contributed by atoms with van der Waals surface area (Å²) in [5.74, 6) is 0.309. The first-order valence-electron chi connectivity index (χ1n) is 6.31. The quantitative estimate of drug-likeness (QED) is 0.708. The molecule has 1 unspecified atom stereocenters. The van der Waals surface area contributed by atoms with Gasteiger partial charge in [-0.05, 0) is 29.7 Å².